The first-order valence-corrected chi connectivity index (χ1v) is 11.8. The Bertz CT molecular complexity index is 1260. The minimum Gasteiger partial charge on any atom is -0.469 e. The van der Waals surface area contributed by atoms with Crippen LogP contribution in [0.25, 0.3) is 0 Å². The Labute approximate surface area is 198 Å². The summed E-state index contributed by atoms with van der Waals surface area (Å²) < 4.78 is 44.9. The number of esters is 1. The molecule has 0 saturated heterocycles. The van der Waals surface area contributed by atoms with E-state index < -0.39 is 33.8 Å². The van der Waals surface area contributed by atoms with Gasteiger partial charge >= 0.3 is 5.97 Å². The van der Waals surface area contributed by atoms with Crippen LogP contribution >= 0.6 is 0 Å². The summed E-state index contributed by atoms with van der Waals surface area (Å²) in [7, 11) is -1.09. The van der Waals surface area contributed by atoms with Gasteiger partial charge in [-0.2, -0.15) is 0 Å². The van der Waals surface area contributed by atoms with Crippen LogP contribution in [0.2, 0.25) is 0 Å². The summed E-state index contributed by atoms with van der Waals surface area (Å²) in [5.41, 5.74) is 2.13. The van der Waals surface area contributed by atoms with E-state index in [-0.39, 0.29) is 16.9 Å². The Morgan fingerprint density at radius 2 is 1.56 bits per heavy atom. The number of rotatable bonds is 8. The first-order chi connectivity index (χ1) is 16.1. The van der Waals surface area contributed by atoms with E-state index >= 15 is 0 Å². The molecule has 1 N–H and O–H groups in total. The zero-order chi connectivity index (χ0) is 24.9. The molecule has 0 bridgehead atoms. The van der Waals surface area contributed by atoms with Gasteiger partial charge in [-0.15, -0.1) is 0 Å². The van der Waals surface area contributed by atoms with Crippen LogP contribution in [-0.2, 0) is 19.6 Å². The highest BCUT2D eigenvalue weighted by Gasteiger charge is 2.23. The third-order valence-electron chi connectivity index (χ3n) is 5.35. The topological polar surface area (TPSA) is 92.8 Å². The van der Waals surface area contributed by atoms with Crippen molar-refractivity contribution in [2.75, 3.05) is 18.5 Å². The van der Waals surface area contributed by atoms with Crippen LogP contribution in [0.15, 0.2) is 77.7 Å². The molecule has 0 radical (unpaired) electrons. The number of sulfonamides is 1. The lowest BCUT2D eigenvalue weighted by Gasteiger charge is -2.21. The number of carbonyl (C=O) groups is 2. The lowest BCUT2D eigenvalue weighted by Crippen LogP contribution is -2.30. The molecule has 3 rings (SSSR count). The molecular formula is C25H25FN2O5S. The number of carbonyl (C=O) groups excluding carboxylic acids is 2. The molecule has 1 atom stereocenters. The molecule has 34 heavy (non-hydrogen) atoms. The molecule has 0 heterocycles. The molecule has 0 fully saturated rings. The van der Waals surface area contributed by atoms with Gasteiger partial charge in [0.2, 0.25) is 0 Å². The fourth-order valence-corrected chi connectivity index (χ4v) is 4.46. The van der Waals surface area contributed by atoms with Gasteiger partial charge in [0, 0.05) is 12.6 Å². The highest BCUT2D eigenvalue weighted by atomic mass is 32.2. The fraction of sp³-hybridized carbons (Fsp3) is 0.200. The summed E-state index contributed by atoms with van der Waals surface area (Å²) >= 11 is 0. The summed E-state index contributed by atoms with van der Waals surface area (Å²) in [6.07, 6.45) is -0.135. The second-order valence-corrected chi connectivity index (χ2v) is 9.66. The first-order valence-electron chi connectivity index (χ1n) is 10.4. The Morgan fingerprint density at radius 3 is 2.12 bits per heavy atom. The number of anilines is 1. The van der Waals surface area contributed by atoms with Crippen LogP contribution in [0.1, 0.15) is 33.9 Å². The minimum atomic E-state index is -3.77. The van der Waals surface area contributed by atoms with Crippen molar-refractivity contribution in [3.8, 4) is 0 Å². The van der Waals surface area contributed by atoms with Crippen molar-refractivity contribution >= 4 is 27.6 Å². The van der Waals surface area contributed by atoms with Crippen molar-refractivity contribution in [3.05, 3.63) is 95.3 Å². The van der Waals surface area contributed by atoms with Crippen molar-refractivity contribution in [1.82, 2.24) is 5.32 Å². The Kier molecular flexibility index (Phi) is 7.68. The average molecular weight is 485 g/mol. The number of nitrogens with one attached hydrogen (secondary N) is 1. The van der Waals surface area contributed by atoms with E-state index in [9.17, 15) is 22.4 Å². The summed E-state index contributed by atoms with van der Waals surface area (Å²) in [5.74, 6) is -1.45. The van der Waals surface area contributed by atoms with E-state index in [1.807, 2.05) is 6.92 Å². The van der Waals surface area contributed by atoms with Gasteiger partial charge in [0.05, 0.1) is 30.2 Å². The van der Waals surface area contributed by atoms with Crippen molar-refractivity contribution in [1.29, 1.82) is 0 Å². The number of methoxy groups -OCH3 is 1. The van der Waals surface area contributed by atoms with Gasteiger partial charge in [0.25, 0.3) is 15.9 Å². The molecule has 3 aromatic rings. The molecule has 9 heteroatoms. The summed E-state index contributed by atoms with van der Waals surface area (Å²) in [5, 5.41) is 2.75. The maximum absolute atomic E-state index is 13.3. The second kappa shape index (κ2) is 10.5. The van der Waals surface area contributed by atoms with E-state index in [0.29, 0.717) is 11.3 Å². The van der Waals surface area contributed by atoms with Gasteiger partial charge < -0.3 is 10.1 Å². The Balaban J connectivity index is 1.78. The second-order valence-electron chi connectivity index (χ2n) is 7.69. The van der Waals surface area contributed by atoms with Crippen molar-refractivity contribution in [2.45, 2.75) is 24.3 Å². The first kappa shape index (κ1) is 24.9. The van der Waals surface area contributed by atoms with Gasteiger partial charge in [-0.25, -0.2) is 12.8 Å². The third kappa shape index (κ3) is 5.79. The van der Waals surface area contributed by atoms with E-state index in [4.69, 9.17) is 4.74 Å². The predicted octanol–water partition coefficient (Wildman–Crippen LogP) is 3.99. The molecule has 7 nitrogen and oxygen atoms in total. The zero-order valence-corrected chi connectivity index (χ0v) is 19.8. The van der Waals surface area contributed by atoms with Crippen molar-refractivity contribution < 1.29 is 27.1 Å². The average Bonchev–Trinajstić information content (AvgIpc) is 2.83. The normalized spacial score (nSPS) is 12.0. The number of hydrogen-bond donors (Lipinski definition) is 1. The van der Waals surface area contributed by atoms with Gasteiger partial charge in [-0.1, -0.05) is 29.8 Å². The van der Waals surface area contributed by atoms with E-state index in [1.165, 1.54) is 62.7 Å². The maximum Gasteiger partial charge on any atom is 0.307 e. The van der Waals surface area contributed by atoms with Gasteiger partial charge in [0.15, 0.2) is 0 Å². The number of nitrogens with zero attached hydrogens (tertiary/aromatic N) is 1. The fourth-order valence-electron chi connectivity index (χ4n) is 3.27. The highest BCUT2D eigenvalue weighted by Crippen LogP contribution is 2.24. The number of hydrogen-bond acceptors (Lipinski definition) is 5. The molecule has 1 unspecified atom stereocenters. The van der Waals surface area contributed by atoms with E-state index in [1.54, 1.807) is 24.3 Å². The molecule has 1 amide bonds. The summed E-state index contributed by atoms with van der Waals surface area (Å²) in [6.45, 7) is 1.87. The van der Waals surface area contributed by atoms with Crippen LogP contribution in [0, 0.1) is 12.7 Å². The van der Waals surface area contributed by atoms with Crippen molar-refractivity contribution in [3.63, 3.8) is 0 Å². The molecule has 0 spiro atoms. The standard InChI is InChI=1S/C25H25FN2O5S/c1-17-4-14-22(15-5-17)34(31,32)28(2)21-12-8-19(9-13-21)25(30)27-23(16-24(29)33-3)18-6-10-20(26)11-7-18/h4-15,23H,16H2,1-3H3,(H,27,30). The minimum absolute atomic E-state index is 0.135. The number of halogens is 1. The molecule has 0 aromatic heterocycles. The number of amides is 1. The largest absolute Gasteiger partial charge is 0.469 e. The smallest absolute Gasteiger partial charge is 0.307 e. The molecule has 0 aliphatic rings. The maximum atomic E-state index is 13.3. The van der Waals surface area contributed by atoms with Crippen LogP contribution in [-0.4, -0.2) is 34.5 Å². The third-order valence-corrected chi connectivity index (χ3v) is 7.15. The SMILES string of the molecule is COC(=O)CC(NC(=O)c1ccc(N(C)S(=O)(=O)c2ccc(C)cc2)cc1)c1ccc(F)cc1. The van der Waals surface area contributed by atoms with Crippen LogP contribution in [0.4, 0.5) is 10.1 Å². The van der Waals surface area contributed by atoms with Crippen molar-refractivity contribution in [2.24, 2.45) is 0 Å². The molecule has 0 aliphatic heterocycles. The van der Waals surface area contributed by atoms with Crippen LogP contribution in [0.5, 0.6) is 0 Å². The summed E-state index contributed by atoms with van der Waals surface area (Å²) in [6, 6.07) is 17.3. The van der Waals surface area contributed by atoms with Gasteiger partial charge in [-0.3, -0.25) is 13.9 Å². The molecule has 178 valence electrons. The monoisotopic (exact) mass is 484 g/mol. The molecule has 0 aliphatic carbocycles. The molecule has 3 aromatic carbocycles. The lowest BCUT2D eigenvalue weighted by molar-refractivity contribution is -0.141. The number of benzene rings is 3. The van der Waals surface area contributed by atoms with Gasteiger partial charge in [0.1, 0.15) is 5.82 Å². The van der Waals surface area contributed by atoms with Crippen LogP contribution in [0.3, 0.4) is 0 Å². The van der Waals surface area contributed by atoms with E-state index in [2.05, 4.69) is 5.32 Å². The van der Waals surface area contributed by atoms with Crippen LogP contribution < -0.4 is 9.62 Å². The Hall–Kier alpha value is -3.72. The quantitative estimate of drug-likeness (QED) is 0.488. The summed E-state index contributed by atoms with van der Waals surface area (Å²) in [4.78, 5) is 24.8. The van der Waals surface area contributed by atoms with E-state index in [0.717, 1.165) is 9.87 Å². The lowest BCUT2D eigenvalue weighted by atomic mass is 10.0. The number of ether oxygens (including phenoxy) is 1. The predicted molar refractivity (Wildman–Crippen MR) is 126 cm³/mol. The highest BCUT2D eigenvalue weighted by molar-refractivity contribution is 7.92. The Morgan fingerprint density at radius 1 is 0.971 bits per heavy atom. The molecule has 0 saturated carbocycles. The van der Waals surface area contributed by atoms with Gasteiger partial charge in [-0.05, 0) is 61.0 Å². The molecular weight excluding hydrogens is 459 g/mol. The zero-order valence-electron chi connectivity index (χ0n) is 19.0. The number of aryl methyl sites for hydroxylation is 1.